The Morgan fingerprint density at radius 2 is 1.53 bits per heavy atom. The first-order chi connectivity index (χ1) is 18.7. The molecule has 38 heavy (non-hydrogen) atoms. The number of nitrogens with zero attached hydrogens (tertiary/aromatic N) is 5. The van der Waals surface area contributed by atoms with E-state index >= 15 is 0 Å². The van der Waals surface area contributed by atoms with Gasteiger partial charge >= 0.3 is 0 Å². The molecule has 0 radical (unpaired) electrons. The zero-order valence-electron chi connectivity index (χ0n) is 21.7. The second kappa shape index (κ2) is 13.1. The molecule has 3 heterocycles. The molecule has 2 aliphatic heterocycles. The van der Waals surface area contributed by atoms with Crippen molar-refractivity contribution in [1.29, 1.82) is 0 Å². The van der Waals surface area contributed by atoms with Crippen LogP contribution in [0.15, 0.2) is 59.7 Å². The van der Waals surface area contributed by atoms with Crippen LogP contribution >= 0.6 is 0 Å². The Bertz CT molecular complexity index is 1160. The molecule has 0 bridgehead atoms. The Morgan fingerprint density at radius 1 is 0.842 bits per heavy atom. The fourth-order valence-corrected chi connectivity index (χ4v) is 4.19. The van der Waals surface area contributed by atoms with Gasteiger partial charge in [-0.1, -0.05) is 12.1 Å². The molecule has 5 rings (SSSR count). The lowest BCUT2D eigenvalue weighted by molar-refractivity contribution is 0.121. The molecule has 2 fully saturated rings. The van der Waals surface area contributed by atoms with Gasteiger partial charge in [0.15, 0.2) is 5.82 Å². The number of benzene rings is 2. The number of hydrogen-bond acceptors (Lipinski definition) is 10. The number of hydrazone groups is 1. The van der Waals surface area contributed by atoms with Crippen molar-refractivity contribution in [3.8, 4) is 11.5 Å². The molecule has 0 unspecified atom stereocenters. The maximum absolute atomic E-state index is 5.80. The molecular weight excluding hydrogens is 484 g/mol. The average molecular weight is 519 g/mol. The third-order valence-electron chi connectivity index (χ3n) is 6.21. The van der Waals surface area contributed by atoms with E-state index in [2.05, 4.69) is 20.3 Å². The summed E-state index contributed by atoms with van der Waals surface area (Å²) >= 11 is 0. The summed E-state index contributed by atoms with van der Waals surface area (Å²) < 4.78 is 22.5. The molecule has 1 aromatic heterocycles. The monoisotopic (exact) mass is 518 g/mol. The summed E-state index contributed by atoms with van der Waals surface area (Å²) in [7, 11) is 0. The number of hydrogen-bond donors (Lipinski definition) is 1. The number of aromatic nitrogens is 2. The summed E-state index contributed by atoms with van der Waals surface area (Å²) in [5.74, 6) is 3.83. The highest BCUT2D eigenvalue weighted by atomic mass is 16.5. The number of anilines is 3. The first-order valence-electron chi connectivity index (χ1n) is 13.0. The van der Waals surface area contributed by atoms with Crippen molar-refractivity contribution in [2.45, 2.75) is 6.92 Å². The standard InChI is InChI=1S/C28H34N6O4/c1-22-3-2-4-25(19-22)38-18-17-37-24-7-5-23(6-8-24)21-29-32-26-20-27(33-9-13-35-14-10-33)31-28(30-26)34-11-15-36-16-12-34/h2-8,19-21H,9-18H2,1H3,(H,30,31,32). The van der Waals surface area contributed by atoms with Crippen molar-refractivity contribution in [3.63, 3.8) is 0 Å². The van der Waals surface area contributed by atoms with Crippen molar-refractivity contribution in [1.82, 2.24) is 9.97 Å². The van der Waals surface area contributed by atoms with Crippen LogP contribution in [0.25, 0.3) is 0 Å². The van der Waals surface area contributed by atoms with Gasteiger partial charge in [-0.05, 0) is 54.4 Å². The third kappa shape index (κ3) is 7.33. The maximum Gasteiger partial charge on any atom is 0.229 e. The van der Waals surface area contributed by atoms with Crippen LogP contribution in [0.2, 0.25) is 0 Å². The molecule has 2 aromatic carbocycles. The summed E-state index contributed by atoms with van der Waals surface area (Å²) in [5.41, 5.74) is 5.20. The number of ether oxygens (including phenoxy) is 4. The van der Waals surface area contributed by atoms with Gasteiger partial charge in [-0.25, -0.2) is 0 Å². The molecule has 200 valence electrons. The van der Waals surface area contributed by atoms with Gasteiger partial charge in [0.05, 0.1) is 32.6 Å². The van der Waals surface area contributed by atoms with Crippen LogP contribution < -0.4 is 24.7 Å². The lowest BCUT2D eigenvalue weighted by Gasteiger charge is -2.31. The van der Waals surface area contributed by atoms with E-state index in [-0.39, 0.29) is 0 Å². The summed E-state index contributed by atoms with van der Waals surface area (Å²) in [6.45, 7) is 8.85. The highest BCUT2D eigenvalue weighted by molar-refractivity contribution is 5.80. The lowest BCUT2D eigenvalue weighted by atomic mass is 10.2. The Morgan fingerprint density at radius 3 is 2.24 bits per heavy atom. The van der Waals surface area contributed by atoms with E-state index < -0.39 is 0 Å². The Kier molecular flexibility index (Phi) is 8.85. The highest BCUT2D eigenvalue weighted by Crippen LogP contribution is 2.22. The SMILES string of the molecule is Cc1cccc(OCCOc2ccc(C=NNc3cc(N4CCOCC4)nc(N4CCOCC4)n3)cc2)c1. The van der Waals surface area contributed by atoms with Crippen LogP contribution in [0.5, 0.6) is 11.5 Å². The molecule has 2 aliphatic rings. The maximum atomic E-state index is 5.80. The predicted molar refractivity (Wildman–Crippen MR) is 148 cm³/mol. The topological polar surface area (TPSA) is 93.6 Å². The average Bonchev–Trinajstić information content (AvgIpc) is 2.97. The van der Waals surface area contributed by atoms with Crippen LogP contribution in [0.4, 0.5) is 17.6 Å². The number of nitrogens with one attached hydrogen (secondary N) is 1. The molecule has 3 aromatic rings. The molecule has 0 atom stereocenters. The van der Waals surface area contributed by atoms with Gasteiger partial charge < -0.3 is 28.7 Å². The lowest BCUT2D eigenvalue weighted by Crippen LogP contribution is -2.39. The summed E-state index contributed by atoms with van der Waals surface area (Å²) in [6.07, 6.45) is 1.76. The minimum atomic E-state index is 0.466. The van der Waals surface area contributed by atoms with Crippen LogP contribution in [0.3, 0.4) is 0 Å². The molecule has 1 N–H and O–H groups in total. The van der Waals surface area contributed by atoms with Gasteiger partial charge in [0, 0.05) is 32.2 Å². The second-order valence-corrected chi connectivity index (χ2v) is 9.06. The first-order valence-corrected chi connectivity index (χ1v) is 13.0. The molecular formula is C28H34N6O4. The van der Waals surface area contributed by atoms with Gasteiger partial charge in [-0.3, -0.25) is 5.43 Å². The molecule has 10 nitrogen and oxygen atoms in total. The third-order valence-corrected chi connectivity index (χ3v) is 6.21. The van der Waals surface area contributed by atoms with E-state index in [9.17, 15) is 0 Å². The fourth-order valence-electron chi connectivity index (χ4n) is 4.19. The molecule has 10 heteroatoms. The van der Waals surface area contributed by atoms with Crippen LogP contribution in [0.1, 0.15) is 11.1 Å². The summed E-state index contributed by atoms with van der Waals surface area (Å²) in [4.78, 5) is 13.9. The summed E-state index contributed by atoms with van der Waals surface area (Å²) in [6, 6.07) is 17.7. The van der Waals surface area contributed by atoms with E-state index in [1.807, 2.05) is 61.5 Å². The fraction of sp³-hybridized carbons (Fsp3) is 0.393. The van der Waals surface area contributed by atoms with Gasteiger partial charge in [0.1, 0.15) is 30.5 Å². The largest absolute Gasteiger partial charge is 0.490 e. The van der Waals surface area contributed by atoms with Crippen molar-refractivity contribution in [2.24, 2.45) is 5.10 Å². The first kappa shape index (κ1) is 25.7. The zero-order valence-corrected chi connectivity index (χ0v) is 21.7. The molecule has 0 aliphatic carbocycles. The molecule has 2 saturated heterocycles. The van der Waals surface area contributed by atoms with Crippen LogP contribution in [-0.2, 0) is 9.47 Å². The van der Waals surface area contributed by atoms with Gasteiger partial charge in [0.25, 0.3) is 0 Å². The normalized spacial score (nSPS) is 16.0. The Balaban J connectivity index is 1.16. The van der Waals surface area contributed by atoms with Crippen LogP contribution in [0, 0.1) is 6.92 Å². The quantitative estimate of drug-likeness (QED) is 0.246. The molecule has 0 saturated carbocycles. The Hall–Kier alpha value is -3.89. The van der Waals surface area contributed by atoms with Crippen molar-refractivity contribution in [2.75, 3.05) is 81.0 Å². The van der Waals surface area contributed by atoms with Crippen molar-refractivity contribution in [3.05, 3.63) is 65.7 Å². The van der Waals surface area contributed by atoms with Crippen molar-refractivity contribution >= 4 is 23.8 Å². The minimum absolute atomic E-state index is 0.466. The van der Waals surface area contributed by atoms with E-state index in [1.165, 1.54) is 5.56 Å². The minimum Gasteiger partial charge on any atom is -0.490 e. The number of aryl methyl sites for hydroxylation is 1. The highest BCUT2D eigenvalue weighted by Gasteiger charge is 2.19. The van der Waals surface area contributed by atoms with Crippen LogP contribution in [-0.4, -0.2) is 82.0 Å². The predicted octanol–water partition coefficient (Wildman–Crippen LogP) is 3.36. The van der Waals surface area contributed by atoms with E-state index in [0.717, 1.165) is 49.1 Å². The molecule has 0 spiro atoms. The second-order valence-electron chi connectivity index (χ2n) is 9.06. The smallest absolute Gasteiger partial charge is 0.229 e. The number of morpholine rings is 2. The van der Waals surface area contributed by atoms with E-state index in [0.29, 0.717) is 51.4 Å². The van der Waals surface area contributed by atoms with E-state index in [1.54, 1.807) is 6.21 Å². The van der Waals surface area contributed by atoms with Gasteiger partial charge in [0.2, 0.25) is 5.95 Å². The van der Waals surface area contributed by atoms with E-state index in [4.69, 9.17) is 28.9 Å². The van der Waals surface area contributed by atoms with Gasteiger partial charge in [-0.2, -0.15) is 15.1 Å². The van der Waals surface area contributed by atoms with Crippen molar-refractivity contribution < 1.29 is 18.9 Å². The van der Waals surface area contributed by atoms with Gasteiger partial charge in [-0.15, -0.1) is 0 Å². The Labute approximate surface area is 223 Å². The summed E-state index contributed by atoms with van der Waals surface area (Å²) in [5, 5.41) is 4.42. The molecule has 0 amide bonds. The number of rotatable bonds is 10. The zero-order chi connectivity index (χ0) is 26.0.